The third kappa shape index (κ3) is 7.31. The molecule has 356 valence electrons. The van der Waals surface area contributed by atoms with Crippen LogP contribution in [0.2, 0.25) is 0 Å². The van der Waals surface area contributed by atoms with E-state index in [9.17, 15) is 38.2 Å². The number of rotatable bonds is 6. The number of benzene rings is 2. The summed E-state index contributed by atoms with van der Waals surface area (Å²) >= 11 is 0. The van der Waals surface area contributed by atoms with Gasteiger partial charge < -0.3 is 40.4 Å². The Balaban J connectivity index is 0.000000146. The fourth-order valence-corrected chi connectivity index (χ4v) is 16.6. The van der Waals surface area contributed by atoms with Crippen LogP contribution in [0.5, 0.6) is 0 Å². The molecule has 6 atom stereocenters. The highest BCUT2D eigenvalue weighted by Gasteiger charge is 2.64. The zero-order valence-electron chi connectivity index (χ0n) is 38.7. The Bertz CT molecular complexity index is 2120. The molecule has 2 aromatic carbocycles. The van der Waals surface area contributed by atoms with Crippen LogP contribution in [0.25, 0.3) is 0 Å². The maximum Gasteiger partial charge on any atom is 0.231 e. The standard InChI is InChI=1S/2C26H34FN3O3/c2*1-16(31)28-20-3-4-22(21(27)11-20)29-7-2-5-25(15-29)6-8-30(24(25)33)26-12-17-9-18(13-26)23(32)19(10-17)14-26/h2*3-4,11,17-19,23,32H,2,5-10,12-15H2,1H3,(H,28,31). The number of anilines is 4. The molecular weight excluding hydrogens is 843 g/mol. The smallest absolute Gasteiger partial charge is 0.231 e. The Morgan fingerprint density at radius 2 is 0.955 bits per heavy atom. The number of nitrogens with one attached hydrogen (secondary N) is 2. The lowest BCUT2D eigenvalue weighted by molar-refractivity contribution is -0.168. The van der Waals surface area contributed by atoms with Crippen molar-refractivity contribution < 1.29 is 38.2 Å². The molecule has 8 aliphatic carbocycles. The molecular formula is C52H68F2N6O6. The van der Waals surface area contributed by atoms with Crippen LogP contribution in [-0.4, -0.2) is 106 Å². The quantitative estimate of drug-likeness (QED) is 0.241. The Hall–Kier alpha value is -4.30. The first-order valence-electron chi connectivity index (χ1n) is 25.2. The van der Waals surface area contributed by atoms with Crippen molar-refractivity contribution in [1.82, 2.24) is 9.80 Å². The zero-order chi connectivity index (χ0) is 45.9. The molecule has 12 fully saturated rings. The molecule has 12 nitrogen and oxygen atoms in total. The van der Waals surface area contributed by atoms with Gasteiger partial charge in [-0.2, -0.15) is 0 Å². The molecule has 14 rings (SSSR count). The van der Waals surface area contributed by atoms with Crippen molar-refractivity contribution in [2.24, 2.45) is 46.3 Å². The molecule has 4 N–H and O–H groups in total. The summed E-state index contributed by atoms with van der Waals surface area (Å²) in [6.45, 7) is 6.95. The predicted octanol–water partition coefficient (Wildman–Crippen LogP) is 7.09. The van der Waals surface area contributed by atoms with Gasteiger partial charge in [0.15, 0.2) is 0 Å². The van der Waals surface area contributed by atoms with Crippen molar-refractivity contribution in [2.45, 2.75) is 140 Å². The maximum absolute atomic E-state index is 15.0. The van der Waals surface area contributed by atoms with E-state index in [-0.39, 0.29) is 58.5 Å². The molecule has 0 aromatic heterocycles. The molecule has 12 aliphatic rings. The molecule has 6 unspecified atom stereocenters. The largest absolute Gasteiger partial charge is 0.393 e. The minimum atomic E-state index is -0.442. The molecule has 66 heavy (non-hydrogen) atoms. The van der Waals surface area contributed by atoms with E-state index in [1.807, 2.05) is 9.80 Å². The first-order valence-corrected chi connectivity index (χ1v) is 25.2. The van der Waals surface area contributed by atoms with Gasteiger partial charge in [-0.1, -0.05) is 0 Å². The summed E-state index contributed by atoms with van der Waals surface area (Å²) in [7, 11) is 0. The van der Waals surface area contributed by atoms with Crippen LogP contribution < -0.4 is 20.4 Å². The number of hydrogen-bond donors (Lipinski definition) is 4. The fraction of sp³-hybridized carbons (Fsp3) is 0.692. The Labute approximate surface area is 387 Å². The number of aliphatic hydroxyl groups is 2. The van der Waals surface area contributed by atoms with Gasteiger partial charge in [-0.15, -0.1) is 0 Å². The molecule has 8 saturated carbocycles. The minimum Gasteiger partial charge on any atom is -0.393 e. The van der Waals surface area contributed by atoms with Crippen LogP contribution >= 0.6 is 0 Å². The van der Waals surface area contributed by atoms with E-state index in [1.54, 1.807) is 24.3 Å². The van der Waals surface area contributed by atoms with Crippen molar-refractivity contribution >= 4 is 46.4 Å². The number of nitrogens with zero attached hydrogens (tertiary/aromatic N) is 4. The fourth-order valence-electron chi connectivity index (χ4n) is 16.6. The second-order valence-corrected chi connectivity index (χ2v) is 23.1. The van der Waals surface area contributed by atoms with E-state index in [1.165, 1.54) is 26.0 Å². The van der Waals surface area contributed by atoms with E-state index in [4.69, 9.17) is 0 Å². The molecule has 4 saturated heterocycles. The number of likely N-dealkylation sites (tertiary alicyclic amines) is 2. The third-order valence-electron chi connectivity index (χ3n) is 18.9. The SMILES string of the molecule is CC(=O)Nc1ccc(N2CCCC3(CCN(C45CC6CC(C4)C(O)C(C6)C5)C3=O)C2)c(F)c1.CC(=O)Nc1ccc(N2CCCC3(CCN(C45CC6CC(C4)C(O)C(C6)C5)C3=O)C2)c(F)c1. The highest BCUT2D eigenvalue weighted by molar-refractivity contribution is 5.90. The van der Waals surface area contributed by atoms with Crippen molar-refractivity contribution in [3.8, 4) is 0 Å². The molecule has 14 heteroatoms. The summed E-state index contributed by atoms with van der Waals surface area (Å²) in [6.07, 6.45) is 15.2. The van der Waals surface area contributed by atoms with E-state index >= 15 is 0 Å². The first-order chi connectivity index (χ1) is 31.6. The number of amides is 4. The van der Waals surface area contributed by atoms with Gasteiger partial charge in [0.2, 0.25) is 23.6 Å². The van der Waals surface area contributed by atoms with Gasteiger partial charge in [0, 0.05) is 75.6 Å². The van der Waals surface area contributed by atoms with Crippen LogP contribution in [-0.2, 0) is 19.2 Å². The lowest BCUT2D eigenvalue weighted by atomic mass is 9.51. The van der Waals surface area contributed by atoms with E-state index in [0.717, 1.165) is 129 Å². The summed E-state index contributed by atoms with van der Waals surface area (Å²) in [5.41, 5.74) is 0.893. The van der Waals surface area contributed by atoms with Gasteiger partial charge in [0.05, 0.1) is 34.4 Å². The monoisotopic (exact) mass is 911 g/mol. The minimum absolute atomic E-state index is 0.0656. The zero-order valence-corrected chi connectivity index (χ0v) is 38.7. The van der Waals surface area contributed by atoms with Gasteiger partial charge in [0.25, 0.3) is 0 Å². The van der Waals surface area contributed by atoms with Crippen molar-refractivity contribution in [2.75, 3.05) is 59.7 Å². The van der Waals surface area contributed by atoms with Crippen molar-refractivity contribution in [1.29, 1.82) is 0 Å². The van der Waals surface area contributed by atoms with E-state index < -0.39 is 10.8 Å². The van der Waals surface area contributed by atoms with Gasteiger partial charge in [-0.05, 0) is 175 Å². The average molecular weight is 911 g/mol. The topological polar surface area (TPSA) is 146 Å². The molecule has 0 radical (unpaired) electrons. The van der Waals surface area contributed by atoms with Crippen LogP contribution in [0.4, 0.5) is 31.5 Å². The summed E-state index contributed by atoms with van der Waals surface area (Å²) in [5.74, 6) is 2.02. The third-order valence-corrected chi connectivity index (χ3v) is 18.9. The summed E-state index contributed by atoms with van der Waals surface area (Å²) < 4.78 is 29.9. The van der Waals surface area contributed by atoms with Crippen LogP contribution in [0, 0.1) is 58.0 Å². The van der Waals surface area contributed by atoms with E-state index in [0.29, 0.717) is 71.3 Å². The molecule has 2 spiro atoms. The lowest BCUT2D eigenvalue weighted by Crippen LogP contribution is -2.65. The Morgan fingerprint density at radius 1 is 0.576 bits per heavy atom. The summed E-state index contributed by atoms with van der Waals surface area (Å²) in [6, 6.07) is 9.62. The molecule has 4 aliphatic heterocycles. The van der Waals surface area contributed by atoms with Crippen LogP contribution in [0.15, 0.2) is 36.4 Å². The molecule has 4 heterocycles. The predicted molar refractivity (Wildman–Crippen MR) is 246 cm³/mol. The number of carbonyl (C=O) groups excluding carboxylic acids is 4. The van der Waals surface area contributed by atoms with E-state index in [2.05, 4.69) is 20.4 Å². The van der Waals surface area contributed by atoms with Crippen molar-refractivity contribution in [3.63, 3.8) is 0 Å². The highest BCUT2D eigenvalue weighted by atomic mass is 19.1. The second kappa shape index (κ2) is 16.2. The van der Waals surface area contributed by atoms with Gasteiger partial charge in [-0.3, -0.25) is 19.2 Å². The Morgan fingerprint density at radius 3 is 1.30 bits per heavy atom. The second-order valence-electron chi connectivity index (χ2n) is 23.1. The van der Waals surface area contributed by atoms with Gasteiger partial charge in [0.1, 0.15) is 11.6 Å². The van der Waals surface area contributed by atoms with Gasteiger partial charge >= 0.3 is 0 Å². The average Bonchev–Trinajstić information content (AvgIpc) is 3.75. The number of piperidine rings is 2. The van der Waals surface area contributed by atoms with Crippen LogP contribution in [0.1, 0.15) is 117 Å². The summed E-state index contributed by atoms with van der Waals surface area (Å²) in [5, 5.41) is 26.6. The first kappa shape index (κ1) is 44.2. The molecule has 2 aromatic rings. The number of carbonyl (C=O) groups is 4. The number of halogens is 2. The van der Waals surface area contributed by atoms with Gasteiger partial charge in [-0.25, -0.2) is 8.78 Å². The maximum atomic E-state index is 15.0. The number of hydrogen-bond acceptors (Lipinski definition) is 8. The van der Waals surface area contributed by atoms with Crippen LogP contribution in [0.3, 0.4) is 0 Å². The summed E-state index contributed by atoms with van der Waals surface area (Å²) in [4.78, 5) is 59.1. The Kier molecular flexibility index (Phi) is 10.8. The molecule has 8 bridgehead atoms. The lowest BCUT2D eigenvalue weighted by Gasteiger charge is -2.61. The van der Waals surface area contributed by atoms with Crippen molar-refractivity contribution in [3.05, 3.63) is 48.0 Å². The number of aliphatic hydroxyl groups excluding tert-OH is 2. The highest BCUT2D eigenvalue weighted by Crippen LogP contribution is 2.61. The normalized spacial score (nSPS) is 39.5. The molecule has 4 amide bonds.